The van der Waals surface area contributed by atoms with Crippen molar-refractivity contribution in [2.24, 2.45) is 5.92 Å². The van der Waals surface area contributed by atoms with Gasteiger partial charge in [-0.3, -0.25) is 9.89 Å². The molecule has 11 heteroatoms. The summed E-state index contributed by atoms with van der Waals surface area (Å²) in [5.41, 5.74) is 1.32. The van der Waals surface area contributed by atoms with Crippen molar-refractivity contribution in [2.45, 2.75) is 49.3 Å². The molecule has 180 valence electrons. The number of carbonyl (C=O) groups excluding carboxylic acids is 1. The number of amides is 2. The molecule has 1 fully saturated rings. The fourth-order valence-electron chi connectivity index (χ4n) is 4.36. The average Bonchev–Trinajstić information content (AvgIpc) is 3.39. The first-order valence-corrected chi connectivity index (χ1v) is 12.7. The van der Waals surface area contributed by atoms with Gasteiger partial charge in [-0.2, -0.15) is 5.10 Å². The highest BCUT2D eigenvalue weighted by atomic mass is 32.2. The van der Waals surface area contributed by atoms with Gasteiger partial charge in [-0.1, -0.05) is 0 Å². The molecule has 0 radical (unpaired) electrons. The van der Waals surface area contributed by atoms with Gasteiger partial charge in [-0.05, 0) is 61.8 Å². The Labute approximate surface area is 193 Å². The van der Waals surface area contributed by atoms with Gasteiger partial charge in [0.2, 0.25) is 5.91 Å². The summed E-state index contributed by atoms with van der Waals surface area (Å²) in [6.07, 6.45) is 4.84. The van der Waals surface area contributed by atoms with Crippen LogP contribution in [-0.4, -0.2) is 55.6 Å². The summed E-state index contributed by atoms with van der Waals surface area (Å²) in [5.74, 6) is 1.35. The molecule has 4 N–H and O–H groups in total. The Morgan fingerprint density at radius 2 is 2.06 bits per heavy atom. The van der Waals surface area contributed by atoms with Crippen LogP contribution >= 0.6 is 0 Å². The molecule has 0 aliphatic heterocycles. The van der Waals surface area contributed by atoms with E-state index in [1.54, 1.807) is 12.1 Å². The third-order valence-corrected chi connectivity index (χ3v) is 7.13. The standard InChI is InChI=1S/C22H30N4O6S/c1-32-17-7-8-19(33(2,30)31)16(11-17)12-21(27)24-20-13-18(25-26-20)15-6-5-14(10-15)4-3-9-23-22(28)29/h7-8,11,13-15,23H,3-6,9-10,12H2,1-2H3,(H,28,29)(H2,24,25,26,27). The molecule has 1 aliphatic rings. The van der Waals surface area contributed by atoms with Crippen LogP contribution < -0.4 is 15.4 Å². The molecular formula is C22H30N4O6S. The summed E-state index contributed by atoms with van der Waals surface area (Å²) < 4.78 is 29.3. The van der Waals surface area contributed by atoms with E-state index >= 15 is 0 Å². The number of H-pyrrole nitrogens is 1. The number of sulfone groups is 1. The summed E-state index contributed by atoms with van der Waals surface area (Å²) in [6.45, 7) is 0.463. The molecule has 1 aliphatic carbocycles. The number of carboxylic acid groups (broad SMARTS) is 1. The Morgan fingerprint density at radius 1 is 1.27 bits per heavy atom. The summed E-state index contributed by atoms with van der Waals surface area (Å²) in [7, 11) is -2.02. The van der Waals surface area contributed by atoms with Gasteiger partial charge in [0.15, 0.2) is 15.7 Å². The van der Waals surface area contributed by atoms with Gasteiger partial charge < -0.3 is 20.5 Å². The van der Waals surface area contributed by atoms with Crippen LogP contribution in [0, 0.1) is 5.92 Å². The molecular weight excluding hydrogens is 448 g/mol. The van der Waals surface area contributed by atoms with Gasteiger partial charge in [-0.25, -0.2) is 13.2 Å². The number of benzene rings is 1. The maximum absolute atomic E-state index is 12.6. The van der Waals surface area contributed by atoms with Crippen molar-refractivity contribution in [3.63, 3.8) is 0 Å². The van der Waals surface area contributed by atoms with E-state index in [0.29, 0.717) is 35.5 Å². The van der Waals surface area contributed by atoms with Crippen LogP contribution in [0.4, 0.5) is 10.6 Å². The second kappa shape index (κ2) is 10.7. The Morgan fingerprint density at radius 3 is 2.76 bits per heavy atom. The molecule has 0 saturated heterocycles. The maximum atomic E-state index is 12.6. The van der Waals surface area contributed by atoms with Crippen molar-refractivity contribution in [3.8, 4) is 5.75 Å². The first kappa shape index (κ1) is 24.6. The largest absolute Gasteiger partial charge is 0.497 e. The molecule has 1 aromatic heterocycles. The molecule has 2 aromatic rings. The molecule has 1 heterocycles. The lowest BCUT2D eigenvalue weighted by Crippen LogP contribution is -2.22. The summed E-state index contributed by atoms with van der Waals surface area (Å²) in [4.78, 5) is 23.2. The number of methoxy groups -OCH3 is 1. The van der Waals surface area contributed by atoms with Crippen LogP contribution in [0.1, 0.15) is 49.3 Å². The van der Waals surface area contributed by atoms with Crippen molar-refractivity contribution in [1.29, 1.82) is 0 Å². The number of rotatable bonds is 10. The van der Waals surface area contributed by atoms with Crippen LogP contribution in [0.25, 0.3) is 0 Å². The van der Waals surface area contributed by atoms with Gasteiger partial charge in [-0.15, -0.1) is 0 Å². The van der Waals surface area contributed by atoms with E-state index in [9.17, 15) is 18.0 Å². The number of anilines is 1. The van der Waals surface area contributed by atoms with Crippen LogP contribution in [0.15, 0.2) is 29.2 Å². The van der Waals surface area contributed by atoms with Gasteiger partial charge in [0, 0.05) is 30.5 Å². The van der Waals surface area contributed by atoms with Gasteiger partial charge >= 0.3 is 6.09 Å². The highest BCUT2D eigenvalue weighted by molar-refractivity contribution is 7.90. The minimum Gasteiger partial charge on any atom is -0.497 e. The number of nitrogens with zero attached hydrogens (tertiary/aromatic N) is 1. The SMILES string of the molecule is COc1ccc(S(C)(=O)=O)c(CC(=O)Nc2cc(C3CCC(CCCNC(=O)O)C3)[nH]n2)c1. The highest BCUT2D eigenvalue weighted by Crippen LogP contribution is 2.40. The first-order chi connectivity index (χ1) is 15.7. The average molecular weight is 479 g/mol. The van der Waals surface area contributed by atoms with Crippen molar-refractivity contribution < 1.29 is 27.9 Å². The third kappa shape index (κ3) is 6.95. The number of aromatic nitrogens is 2. The molecule has 33 heavy (non-hydrogen) atoms. The predicted octanol–water partition coefficient (Wildman–Crippen LogP) is 2.93. The Balaban J connectivity index is 1.56. The molecule has 0 bridgehead atoms. The zero-order valence-electron chi connectivity index (χ0n) is 18.8. The topological polar surface area (TPSA) is 150 Å². The molecule has 3 rings (SSSR count). The van der Waals surface area contributed by atoms with E-state index in [1.165, 1.54) is 13.2 Å². The van der Waals surface area contributed by atoms with Crippen molar-refractivity contribution in [1.82, 2.24) is 15.5 Å². The number of aromatic amines is 1. The van der Waals surface area contributed by atoms with Crippen LogP contribution in [0.2, 0.25) is 0 Å². The van der Waals surface area contributed by atoms with Gasteiger partial charge in [0.25, 0.3) is 0 Å². The van der Waals surface area contributed by atoms with E-state index in [-0.39, 0.29) is 17.2 Å². The molecule has 1 saturated carbocycles. The Kier molecular flexibility index (Phi) is 7.96. The van der Waals surface area contributed by atoms with Crippen molar-refractivity contribution >= 4 is 27.7 Å². The number of hydrogen-bond acceptors (Lipinski definition) is 6. The van der Waals surface area contributed by atoms with Crippen molar-refractivity contribution in [3.05, 3.63) is 35.5 Å². The number of carbonyl (C=O) groups is 2. The normalized spacial score (nSPS) is 18.1. The lowest BCUT2D eigenvalue weighted by molar-refractivity contribution is -0.115. The monoisotopic (exact) mass is 478 g/mol. The zero-order valence-corrected chi connectivity index (χ0v) is 19.6. The third-order valence-electron chi connectivity index (χ3n) is 5.93. The molecule has 2 unspecified atom stereocenters. The minimum absolute atomic E-state index is 0.0942. The van der Waals surface area contributed by atoms with Gasteiger partial charge in [0.1, 0.15) is 5.75 Å². The summed E-state index contributed by atoms with van der Waals surface area (Å²) in [6, 6.07) is 6.36. The van der Waals surface area contributed by atoms with Crippen LogP contribution in [0.5, 0.6) is 5.75 Å². The lowest BCUT2D eigenvalue weighted by Gasteiger charge is -2.10. The number of hydrogen-bond donors (Lipinski definition) is 4. The first-order valence-electron chi connectivity index (χ1n) is 10.8. The zero-order chi connectivity index (χ0) is 24.0. The predicted molar refractivity (Wildman–Crippen MR) is 122 cm³/mol. The fourth-order valence-corrected chi connectivity index (χ4v) is 5.28. The van der Waals surface area contributed by atoms with E-state index < -0.39 is 15.9 Å². The quantitative estimate of drug-likeness (QED) is 0.383. The smallest absolute Gasteiger partial charge is 0.404 e. The van der Waals surface area contributed by atoms with E-state index in [2.05, 4.69) is 20.8 Å². The maximum Gasteiger partial charge on any atom is 0.404 e. The fraction of sp³-hybridized carbons (Fsp3) is 0.500. The number of ether oxygens (including phenoxy) is 1. The second-order valence-corrected chi connectivity index (χ2v) is 10.4. The minimum atomic E-state index is -3.49. The molecule has 0 spiro atoms. The van der Waals surface area contributed by atoms with Crippen LogP contribution in [-0.2, 0) is 21.1 Å². The van der Waals surface area contributed by atoms with Crippen LogP contribution in [0.3, 0.4) is 0 Å². The summed E-state index contributed by atoms with van der Waals surface area (Å²) >= 11 is 0. The molecule has 1 aromatic carbocycles. The van der Waals surface area contributed by atoms with E-state index in [0.717, 1.165) is 44.1 Å². The van der Waals surface area contributed by atoms with E-state index in [4.69, 9.17) is 9.84 Å². The Bertz CT molecular complexity index is 1100. The molecule has 2 amide bonds. The lowest BCUT2D eigenvalue weighted by atomic mass is 9.98. The highest BCUT2D eigenvalue weighted by Gasteiger charge is 2.27. The summed E-state index contributed by atoms with van der Waals surface area (Å²) in [5, 5.41) is 20.9. The van der Waals surface area contributed by atoms with Crippen molar-refractivity contribution in [2.75, 3.05) is 25.2 Å². The molecule has 10 nitrogen and oxygen atoms in total. The molecule has 2 atom stereocenters. The second-order valence-electron chi connectivity index (χ2n) is 8.43. The van der Waals surface area contributed by atoms with E-state index in [1.807, 2.05) is 6.07 Å². The number of nitrogens with one attached hydrogen (secondary N) is 3. The Hall–Kier alpha value is -3.08. The van der Waals surface area contributed by atoms with Gasteiger partial charge in [0.05, 0.1) is 18.4 Å².